The molecule has 47 heavy (non-hydrogen) atoms. The molecule has 228 valence electrons. The molecule has 0 N–H and O–H groups in total. The first-order valence-corrected chi connectivity index (χ1v) is 16.8. The fourth-order valence-electron chi connectivity index (χ4n) is 7.75. The average Bonchev–Trinajstić information content (AvgIpc) is 3.13. The van der Waals surface area contributed by atoms with Gasteiger partial charge in [0.15, 0.2) is 0 Å². The Kier molecular flexibility index (Phi) is 7.35. The Morgan fingerprint density at radius 3 is 2.23 bits per heavy atom. The molecule has 0 saturated carbocycles. The van der Waals surface area contributed by atoms with Crippen LogP contribution in [0.1, 0.15) is 55.7 Å². The molecule has 1 atom stereocenters. The second-order valence-electron chi connectivity index (χ2n) is 12.9. The summed E-state index contributed by atoms with van der Waals surface area (Å²) in [4.78, 5) is 4.78. The third-order valence-electron chi connectivity index (χ3n) is 10.0. The van der Waals surface area contributed by atoms with Crippen LogP contribution in [0.15, 0.2) is 132 Å². The van der Waals surface area contributed by atoms with Crippen LogP contribution in [0.4, 0.5) is 17.1 Å². The maximum Gasteiger partial charge on any atom is 0.0992 e. The van der Waals surface area contributed by atoms with E-state index in [1.807, 2.05) is 18.2 Å². The molecule has 0 radical (unpaired) electrons. The molecule has 0 bridgehead atoms. The minimum Gasteiger partial charge on any atom is -0.314 e. The highest BCUT2D eigenvalue weighted by atomic mass is 15.2. The molecule has 4 aromatic rings. The maximum absolute atomic E-state index is 9.86. The molecule has 4 aliphatic carbocycles. The molecule has 4 aromatic carbocycles. The highest BCUT2D eigenvalue weighted by Gasteiger charge is 2.28. The zero-order valence-electron chi connectivity index (χ0n) is 26.7. The molecular weight excluding hydrogens is 573 g/mol. The third kappa shape index (κ3) is 4.98. The smallest absolute Gasteiger partial charge is 0.0992 e. The van der Waals surface area contributed by atoms with Gasteiger partial charge in [-0.05, 0) is 121 Å². The van der Waals surface area contributed by atoms with Crippen LogP contribution in [-0.4, -0.2) is 0 Å². The van der Waals surface area contributed by atoms with Gasteiger partial charge >= 0.3 is 0 Å². The number of benzene rings is 4. The highest BCUT2D eigenvalue weighted by Crippen LogP contribution is 2.47. The van der Waals surface area contributed by atoms with Gasteiger partial charge < -0.3 is 9.80 Å². The lowest BCUT2D eigenvalue weighted by Gasteiger charge is -2.36. The molecule has 0 heterocycles. The third-order valence-corrected chi connectivity index (χ3v) is 10.0. The molecule has 8 rings (SSSR count). The van der Waals surface area contributed by atoms with Gasteiger partial charge in [-0.2, -0.15) is 10.5 Å². The first-order valence-electron chi connectivity index (χ1n) is 16.8. The van der Waals surface area contributed by atoms with E-state index in [9.17, 15) is 10.5 Å². The summed E-state index contributed by atoms with van der Waals surface area (Å²) in [6, 6.07) is 26.5. The Morgan fingerprint density at radius 1 is 0.723 bits per heavy atom. The second-order valence-corrected chi connectivity index (χ2v) is 12.9. The first-order chi connectivity index (χ1) is 23.1. The van der Waals surface area contributed by atoms with Crippen molar-refractivity contribution in [2.24, 2.45) is 5.92 Å². The number of hydrogen-bond acceptors (Lipinski definition) is 4. The van der Waals surface area contributed by atoms with Crippen LogP contribution < -0.4 is 9.80 Å². The lowest BCUT2D eigenvalue weighted by atomic mass is 9.83. The molecule has 0 aromatic heterocycles. The van der Waals surface area contributed by atoms with Gasteiger partial charge in [-0.15, -0.1) is 0 Å². The predicted octanol–water partition coefficient (Wildman–Crippen LogP) is 10.7. The standard InChI is InChI=1S/C43H36N4/c1-29-15-16-31(28-45)26-41(29)47(35-12-6-3-7-13-35)40-24-20-33-17-21-37-39(23-19-32-18-22-38(40)43(33)42(32)37)46(34-10-4-2-5-11-34)36-14-8-9-30(25-36)27-44/h4,6,8-14,16,18-20,22-26,29H,2-3,5,7,15,17,21H2,1H3. The lowest BCUT2D eigenvalue weighted by Crippen LogP contribution is -2.27. The Hall–Kier alpha value is -5.58. The second kappa shape index (κ2) is 12.0. The van der Waals surface area contributed by atoms with E-state index in [2.05, 4.69) is 120 Å². The van der Waals surface area contributed by atoms with Crippen LogP contribution in [0, 0.1) is 28.6 Å². The predicted molar refractivity (Wildman–Crippen MR) is 193 cm³/mol. The van der Waals surface area contributed by atoms with E-state index in [-0.39, 0.29) is 5.92 Å². The minimum absolute atomic E-state index is 0.281. The van der Waals surface area contributed by atoms with Crippen LogP contribution in [0.3, 0.4) is 0 Å². The lowest BCUT2D eigenvalue weighted by molar-refractivity contribution is 0.661. The molecule has 1 unspecified atom stereocenters. The normalized spacial score (nSPS) is 18.2. The molecule has 0 fully saturated rings. The van der Waals surface area contributed by atoms with E-state index in [0.29, 0.717) is 5.56 Å². The van der Waals surface area contributed by atoms with E-state index in [1.54, 1.807) is 0 Å². The van der Waals surface area contributed by atoms with Crippen LogP contribution >= 0.6 is 0 Å². The zero-order valence-corrected chi connectivity index (χ0v) is 26.7. The zero-order chi connectivity index (χ0) is 31.9. The van der Waals surface area contributed by atoms with Gasteiger partial charge in [-0.25, -0.2) is 0 Å². The van der Waals surface area contributed by atoms with E-state index in [4.69, 9.17) is 0 Å². The molecule has 4 aliphatic rings. The van der Waals surface area contributed by atoms with Crippen molar-refractivity contribution in [3.8, 4) is 12.1 Å². The summed E-state index contributed by atoms with van der Waals surface area (Å²) in [5.41, 5.74) is 11.0. The summed E-state index contributed by atoms with van der Waals surface area (Å²) in [7, 11) is 0. The van der Waals surface area contributed by atoms with Gasteiger partial charge in [-0.1, -0.05) is 67.6 Å². The van der Waals surface area contributed by atoms with Gasteiger partial charge in [-0.3, -0.25) is 0 Å². The van der Waals surface area contributed by atoms with Crippen molar-refractivity contribution in [2.45, 2.75) is 51.9 Å². The summed E-state index contributed by atoms with van der Waals surface area (Å²) in [6.07, 6.45) is 24.6. The number of anilines is 3. The first kappa shape index (κ1) is 28.9. The van der Waals surface area contributed by atoms with Crippen molar-refractivity contribution in [3.63, 3.8) is 0 Å². The Balaban J connectivity index is 1.38. The summed E-state index contributed by atoms with van der Waals surface area (Å²) in [6.45, 7) is 2.26. The van der Waals surface area contributed by atoms with Crippen molar-refractivity contribution >= 4 is 38.6 Å². The largest absolute Gasteiger partial charge is 0.314 e. The SMILES string of the molecule is CC1CC=C(C#N)C=C1N(C1=CCCC=C1)c1ccc2c3c1ccc1ccc(N(C4=CCCC=C4)c4cccc(C#N)c4)c(c13)CC2. The van der Waals surface area contributed by atoms with E-state index in [1.165, 1.54) is 49.8 Å². The molecule has 4 nitrogen and oxygen atoms in total. The summed E-state index contributed by atoms with van der Waals surface area (Å²) < 4.78 is 0. The fourth-order valence-corrected chi connectivity index (χ4v) is 7.75. The van der Waals surface area contributed by atoms with Crippen LogP contribution in [0.2, 0.25) is 0 Å². The van der Waals surface area contributed by atoms with Crippen molar-refractivity contribution in [1.29, 1.82) is 10.5 Å². The van der Waals surface area contributed by atoms with Crippen LogP contribution in [-0.2, 0) is 12.8 Å². The molecule has 0 aliphatic heterocycles. The van der Waals surface area contributed by atoms with Crippen molar-refractivity contribution < 1.29 is 0 Å². The van der Waals surface area contributed by atoms with Gasteiger partial charge in [0, 0.05) is 45.3 Å². The van der Waals surface area contributed by atoms with E-state index < -0.39 is 0 Å². The maximum atomic E-state index is 9.86. The molecule has 4 heteroatoms. The molecule has 0 spiro atoms. The van der Waals surface area contributed by atoms with E-state index >= 15 is 0 Å². The fraction of sp³-hybridized carbons (Fsp3) is 0.209. The summed E-state index contributed by atoms with van der Waals surface area (Å²) in [5, 5.41) is 24.8. The van der Waals surface area contributed by atoms with Crippen LogP contribution in [0.5, 0.6) is 0 Å². The summed E-state index contributed by atoms with van der Waals surface area (Å²) >= 11 is 0. The van der Waals surface area contributed by atoms with Crippen LogP contribution in [0.25, 0.3) is 21.5 Å². The van der Waals surface area contributed by atoms with Crippen molar-refractivity contribution in [3.05, 3.63) is 149 Å². The quantitative estimate of drug-likeness (QED) is 0.204. The topological polar surface area (TPSA) is 54.1 Å². The van der Waals surface area contributed by atoms with Gasteiger partial charge in [0.1, 0.15) is 0 Å². The number of allylic oxidation sites excluding steroid dienone is 10. The number of hydrogen-bond donors (Lipinski definition) is 0. The monoisotopic (exact) mass is 608 g/mol. The van der Waals surface area contributed by atoms with Gasteiger partial charge in [0.05, 0.1) is 23.4 Å². The van der Waals surface area contributed by atoms with E-state index in [0.717, 1.165) is 67.6 Å². The molecule has 0 saturated heterocycles. The number of aryl methyl sites for hydroxylation is 2. The minimum atomic E-state index is 0.281. The highest BCUT2D eigenvalue weighted by molar-refractivity contribution is 6.17. The Morgan fingerprint density at radius 2 is 1.49 bits per heavy atom. The van der Waals surface area contributed by atoms with Gasteiger partial charge in [0.25, 0.3) is 0 Å². The van der Waals surface area contributed by atoms with Crippen molar-refractivity contribution in [2.75, 3.05) is 9.80 Å². The summed E-state index contributed by atoms with van der Waals surface area (Å²) in [5.74, 6) is 0.281. The Bertz CT molecular complexity index is 2230. The molecular formula is C43H36N4. The number of rotatable bonds is 6. The Labute approximate surface area is 276 Å². The average molecular weight is 609 g/mol. The van der Waals surface area contributed by atoms with Gasteiger partial charge in [0.2, 0.25) is 0 Å². The number of nitrogens with zero attached hydrogens (tertiary/aromatic N) is 4. The van der Waals surface area contributed by atoms with Crippen molar-refractivity contribution in [1.82, 2.24) is 0 Å². The number of nitriles is 2. The molecule has 0 amide bonds.